The number of aromatic nitrogens is 1. The molecular formula is C16H17NOS. The summed E-state index contributed by atoms with van der Waals surface area (Å²) in [6.07, 6.45) is 4.24. The third-order valence-corrected chi connectivity index (χ3v) is 4.42. The lowest BCUT2D eigenvalue weighted by atomic mass is 9.76. The highest BCUT2D eigenvalue weighted by atomic mass is 32.1. The van der Waals surface area contributed by atoms with E-state index in [1.54, 1.807) is 11.3 Å². The largest absolute Gasteiger partial charge is 0.465 e. The summed E-state index contributed by atoms with van der Waals surface area (Å²) in [5.74, 6) is 1.95. The number of nitrogens with zero attached hydrogens (tertiary/aromatic N) is 1. The molecule has 0 fully saturated rings. The fourth-order valence-electron chi connectivity index (χ4n) is 2.50. The van der Waals surface area contributed by atoms with Crippen molar-refractivity contribution in [2.24, 2.45) is 7.05 Å². The van der Waals surface area contributed by atoms with E-state index in [1.165, 1.54) is 11.1 Å². The summed E-state index contributed by atoms with van der Waals surface area (Å²) >= 11 is 1.72. The Morgan fingerprint density at radius 3 is 2.53 bits per heavy atom. The van der Waals surface area contributed by atoms with E-state index in [4.69, 9.17) is 4.42 Å². The normalized spacial score (nSPS) is 14.5. The summed E-state index contributed by atoms with van der Waals surface area (Å²) in [7, 11) is 2.05. The third kappa shape index (κ3) is 1.94. The van der Waals surface area contributed by atoms with Gasteiger partial charge in [0.15, 0.2) is 0 Å². The summed E-state index contributed by atoms with van der Waals surface area (Å²) in [4.78, 5) is 0. The Kier molecular flexibility index (Phi) is 2.86. The molecule has 1 atom stereocenters. The first kappa shape index (κ1) is 12.3. The minimum atomic E-state index is -0.227. The van der Waals surface area contributed by atoms with Crippen LogP contribution in [0.25, 0.3) is 0 Å². The van der Waals surface area contributed by atoms with E-state index >= 15 is 0 Å². The maximum Gasteiger partial charge on any atom is 0.118 e. The molecule has 0 N–H and O–H groups in total. The van der Waals surface area contributed by atoms with E-state index in [2.05, 4.69) is 52.8 Å². The molecule has 3 aromatic rings. The minimum Gasteiger partial charge on any atom is -0.465 e. The van der Waals surface area contributed by atoms with Crippen molar-refractivity contribution in [3.63, 3.8) is 0 Å². The monoisotopic (exact) mass is 271 g/mol. The second-order valence-corrected chi connectivity index (χ2v) is 5.89. The van der Waals surface area contributed by atoms with Crippen molar-refractivity contribution in [3.8, 4) is 0 Å². The van der Waals surface area contributed by atoms with E-state index in [-0.39, 0.29) is 5.41 Å². The van der Waals surface area contributed by atoms with Crippen molar-refractivity contribution in [3.05, 3.63) is 70.1 Å². The Labute approximate surface area is 117 Å². The van der Waals surface area contributed by atoms with Crippen LogP contribution in [0.2, 0.25) is 0 Å². The third-order valence-electron chi connectivity index (χ3n) is 3.74. The van der Waals surface area contributed by atoms with Gasteiger partial charge in [0.1, 0.15) is 11.5 Å². The molecule has 1 unspecified atom stereocenters. The number of hydrogen-bond donors (Lipinski definition) is 0. The summed E-state index contributed by atoms with van der Waals surface area (Å²) in [6.45, 7) is 4.21. The van der Waals surface area contributed by atoms with Gasteiger partial charge in [-0.15, -0.1) is 0 Å². The molecule has 3 heteroatoms. The molecule has 0 radical (unpaired) electrons. The van der Waals surface area contributed by atoms with Gasteiger partial charge in [0.05, 0.1) is 5.41 Å². The molecule has 0 aliphatic heterocycles. The van der Waals surface area contributed by atoms with Gasteiger partial charge in [-0.1, -0.05) is 0 Å². The second kappa shape index (κ2) is 4.42. The first-order valence-corrected chi connectivity index (χ1v) is 7.27. The van der Waals surface area contributed by atoms with Gasteiger partial charge in [0, 0.05) is 19.4 Å². The van der Waals surface area contributed by atoms with Crippen LogP contribution in [0.1, 0.15) is 29.6 Å². The highest BCUT2D eigenvalue weighted by Gasteiger charge is 2.35. The Hall–Kier alpha value is -1.74. The van der Waals surface area contributed by atoms with Crippen LogP contribution in [-0.4, -0.2) is 4.57 Å². The summed E-state index contributed by atoms with van der Waals surface area (Å²) in [5, 5.41) is 4.32. The zero-order valence-corrected chi connectivity index (χ0v) is 12.2. The Morgan fingerprint density at radius 1 is 1.16 bits per heavy atom. The highest BCUT2D eigenvalue weighted by molar-refractivity contribution is 7.08. The Morgan fingerprint density at radius 2 is 2.00 bits per heavy atom. The molecule has 19 heavy (non-hydrogen) atoms. The maximum absolute atomic E-state index is 5.93. The van der Waals surface area contributed by atoms with E-state index in [0.717, 1.165) is 11.5 Å². The van der Waals surface area contributed by atoms with Crippen LogP contribution in [0.4, 0.5) is 0 Å². The van der Waals surface area contributed by atoms with E-state index < -0.39 is 0 Å². The first-order chi connectivity index (χ1) is 9.10. The lowest BCUT2D eigenvalue weighted by Crippen LogP contribution is -2.23. The highest BCUT2D eigenvalue weighted by Crippen LogP contribution is 2.40. The van der Waals surface area contributed by atoms with E-state index in [9.17, 15) is 0 Å². The van der Waals surface area contributed by atoms with Crippen LogP contribution in [0, 0.1) is 6.92 Å². The lowest BCUT2D eigenvalue weighted by molar-refractivity contribution is 0.429. The molecule has 3 heterocycles. The number of thiophene rings is 1. The molecule has 0 saturated heterocycles. The molecule has 2 nitrogen and oxygen atoms in total. The molecule has 0 amide bonds. The molecular weight excluding hydrogens is 254 g/mol. The van der Waals surface area contributed by atoms with Crippen molar-refractivity contribution >= 4 is 11.3 Å². The van der Waals surface area contributed by atoms with Gasteiger partial charge in [0.2, 0.25) is 0 Å². The van der Waals surface area contributed by atoms with Crippen molar-refractivity contribution < 1.29 is 4.42 Å². The predicted octanol–water partition coefficient (Wildman–Crippen LogP) is 4.34. The summed E-state index contributed by atoms with van der Waals surface area (Å²) < 4.78 is 8.01. The second-order valence-electron chi connectivity index (χ2n) is 5.11. The van der Waals surface area contributed by atoms with Gasteiger partial charge in [-0.25, -0.2) is 0 Å². The van der Waals surface area contributed by atoms with Gasteiger partial charge in [-0.3, -0.25) is 0 Å². The summed E-state index contributed by atoms with van der Waals surface area (Å²) in [6, 6.07) is 8.45. The van der Waals surface area contributed by atoms with Gasteiger partial charge in [-0.05, 0) is 60.0 Å². The van der Waals surface area contributed by atoms with Crippen molar-refractivity contribution in [1.29, 1.82) is 0 Å². The van der Waals surface area contributed by atoms with Crippen LogP contribution in [0.5, 0.6) is 0 Å². The van der Waals surface area contributed by atoms with Gasteiger partial charge in [-0.2, -0.15) is 11.3 Å². The van der Waals surface area contributed by atoms with Crippen LogP contribution in [0.15, 0.2) is 51.8 Å². The van der Waals surface area contributed by atoms with Crippen molar-refractivity contribution in [1.82, 2.24) is 4.57 Å². The Bertz CT molecular complexity index is 635. The fourth-order valence-corrected chi connectivity index (χ4v) is 3.27. The quantitative estimate of drug-likeness (QED) is 0.693. The molecule has 0 aromatic carbocycles. The molecule has 0 bridgehead atoms. The van der Waals surface area contributed by atoms with Crippen LogP contribution in [-0.2, 0) is 12.5 Å². The molecule has 3 rings (SSSR count). The van der Waals surface area contributed by atoms with Gasteiger partial charge < -0.3 is 8.98 Å². The topological polar surface area (TPSA) is 18.1 Å². The smallest absolute Gasteiger partial charge is 0.118 e. The SMILES string of the molecule is Cc1ccc(C(C)(c2ccsc2)c2ccn(C)c2)o1. The van der Waals surface area contributed by atoms with Gasteiger partial charge >= 0.3 is 0 Å². The molecule has 3 aromatic heterocycles. The van der Waals surface area contributed by atoms with Crippen molar-refractivity contribution in [2.45, 2.75) is 19.3 Å². The lowest BCUT2D eigenvalue weighted by Gasteiger charge is -2.26. The van der Waals surface area contributed by atoms with E-state index in [0.29, 0.717) is 0 Å². The maximum atomic E-state index is 5.93. The standard InChI is InChI=1S/C16H17NOS/c1-12-4-5-15(18-12)16(2,14-7-9-19-11-14)13-6-8-17(3)10-13/h4-11H,1-3H3. The Balaban J connectivity index is 2.21. The van der Waals surface area contributed by atoms with Crippen molar-refractivity contribution in [2.75, 3.05) is 0 Å². The fraction of sp³-hybridized carbons (Fsp3) is 0.250. The van der Waals surface area contributed by atoms with Crippen LogP contribution >= 0.6 is 11.3 Å². The molecule has 0 aliphatic carbocycles. The number of hydrogen-bond acceptors (Lipinski definition) is 2. The zero-order valence-electron chi connectivity index (χ0n) is 11.4. The molecule has 98 valence electrons. The number of rotatable bonds is 3. The number of aryl methyl sites for hydroxylation is 2. The van der Waals surface area contributed by atoms with Crippen LogP contribution in [0.3, 0.4) is 0 Å². The molecule has 0 saturated carbocycles. The number of furan rings is 1. The average Bonchev–Trinajstić information content (AvgIpc) is 3.08. The first-order valence-electron chi connectivity index (χ1n) is 6.33. The summed E-state index contributed by atoms with van der Waals surface area (Å²) in [5.41, 5.74) is 2.30. The van der Waals surface area contributed by atoms with E-state index in [1.807, 2.05) is 20.0 Å². The molecule has 0 aliphatic rings. The average molecular weight is 271 g/mol. The minimum absolute atomic E-state index is 0.227. The predicted molar refractivity (Wildman–Crippen MR) is 78.7 cm³/mol. The van der Waals surface area contributed by atoms with Gasteiger partial charge in [0.25, 0.3) is 0 Å². The zero-order chi connectivity index (χ0) is 13.5. The molecule has 0 spiro atoms. The van der Waals surface area contributed by atoms with Crippen LogP contribution < -0.4 is 0 Å².